The maximum atomic E-state index is 11.3. The van der Waals surface area contributed by atoms with E-state index >= 15 is 0 Å². The molecule has 1 aliphatic rings. The van der Waals surface area contributed by atoms with E-state index in [0.717, 1.165) is 24.9 Å². The largest absolute Gasteiger partial charge is 0.465 e. The Labute approximate surface area is 113 Å². The van der Waals surface area contributed by atoms with Crippen molar-refractivity contribution in [1.82, 2.24) is 5.32 Å². The Hall–Kier alpha value is -1.39. The van der Waals surface area contributed by atoms with Crippen LogP contribution in [0.2, 0.25) is 0 Å². The number of ether oxygens (including phenoxy) is 1. The molecule has 0 heterocycles. The first kappa shape index (κ1) is 14.0. The van der Waals surface area contributed by atoms with Crippen molar-refractivity contribution >= 4 is 5.97 Å². The number of esters is 1. The third-order valence-electron chi connectivity index (χ3n) is 3.84. The first-order valence-electron chi connectivity index (χ1n) is 6.76. The van der Waals surface area contributed by atoms with Crippen LogP contribution >= 0.6 is 0 Å². The van der Waals surface area contributed by atoms with E-state index in [1.54, 1.807) is 12.1 Å². The zero-order valence-corrected chi connectivity index (χ0v) is 11.3. The molecule has 0 aliphatic heterocycles. The van der Waals surface area contributed by atoms with Gasteiger partial charge in [0.15, 0.2) is 0 Å². The summed E-state index contributed by atoms with van der Waals surface area (Å²) in [4.78, 5) is 11.3. The van der Waals surface area contributed by atoms with Gasteiger partial charge in [-0.2, -0.15) is 0 Å². The Bertz CT molecular complexity index is 416. The molecule has 1 fully saturated rings. The van der Waals surface area contributed by atoms with Gasteiger partial charge in [0, 0.05) is 19.2 Å². The number of methoxy groups -OCH3 is 1. The van der Waals surface area contributed by atoms with Crippen molar-refractivity contribution in [3.8, 4) is 0 Å². The van der Waals surface area contributed by atoms with Crippen LogP contribution in [0.15, 0.2) is 24.3 Å². The Kier molecular flexibility index (Phi) is 4.93. The molecule has 0 unspecified atom stereocenters. The van der Waals surface area contributed by atoms with Crippen LogP contribution in [0.4, 0.5) is 0 Å². The van der Waals surface area contributed by atoms with Crippen molar-refractivity contribution in [3.05, 3.63) is 35.4 Å². The van der Waals surface area contributed by atoms with Gasteiger partial charge in [0.25, 0.3) is 0 Å². The van der Waals surface area contributed by atoms with Crippen LogP contribution in [0.5, 0.6) is 0 Å². The molecule has 1 aromatic rings. The van der Waals surface area contributed by atoms with E-state index in [4.69, 9.17) is 0 Å². The maximum absolute atomic E-state index is 11.3. The molecule has 0 saturated heterocycles. The molecule has 1 saturated carbocycles. The first-order valence-corrected chi connectivity index (χ1v) is 6.76. The SMILES string of the molecule is COC(=O)c1ccc(CN[C@H]2CCC[C@@H]2CO)cc1. The summed E-state index contributed by atoms with van der Waals surface area (Å²) in [5.74, 6) is 0.0741. The lowest BCUT2D eigenvalue weighted by Crippen LogP contribution is -2.33. The zero-order chi connectivity index (χ0) is 13.7. The van der Waals surface area contributed by atoms with Gasteiger partial charge in [0.05, 0.1) is 12.7 Å². The molecule has 0 amide bonds. The Morgan fingerprint density at radius 3 is 2.74 bits per heavy atom. The highest BCUT2D eigenvalue weighted by Crippen LogP contribution is 2.25. The summed E-state index contributed by atoms with van der Waals surface area (Å²) in [5.41, 5.74) is 1.71. The molecule has 0 radical (unpaired) electrons. The summed E-state index contributed by atoms with van der Waals surface area (Å²) in [5, 5.41) is 12.8. The van der Waals surface area contributed by atoms with Crippen molar-refractivity contribution in [1.29, 1.82) is 0 Å². The molecular weight excluding hydrogens is 242 g/mol. The third-order valence-corrected chi connectivity index (χ3v) is 3.84. The number of carbonyl (C=O) groups is 1. The van der Waals surface area contributed by atoms with E-state index in [2.05, 4.69) is 10.1 Å². The van der Waals surface area contributed by atoms with E-state index in [9.17, 15) is 9.90 Å². The zero-order valence-electron chi connectivity index (χ0n) is 11.3. The topological polar surface area (TPSA) is 58.6 Å². The number of hydrogen-bond donors (Lipinski definition) is 2. The van der Waals surface area contributed by atoms with Crippen LogP contribution in [0.3, 0.4) is 0 Å². The molecule has 2 N–H and O–H groups in total. The van der Waals surface area contributed by atoms with Crippen molar-refractivity contribution in [3.63, 3.8) is 0 Å². The van der Waals surface area contributed by atoms with E-state index in [-0.39, 0.29) is 12.6 Å². The highest BCUT2D eigenvalue weighted by atomic mass is 16.5. The maximum Gasteiger partial charge on any atom is 0.337 e. The van der Waals surface area contributed by atoms with Crippen LogP contribution in [-0.2, 0) is 11.3 Å². The average molecular weight is 263 g/mol. The quantitative estimate of drug-likeness (QED) is 0.794. The number of benzene rings is 1. The number of rotatable bonds is 5. The molecule has 0 bridgehead atoms. The number of aliphatic hydroxyl groups excluding tert-OH is 1. The molecule has 104 valence electrons. The molecule has 0 spiro atoms. The fourth-order valence-corrected chi connectivity index (χ4v) is 2.65. The van der Waals surface area contributed by atoms with Crippen LogP contribution < -0.4 is 5.32 Å². The minimum Gasteiger partial charge on any atom is -0.465 e. The monoisotopic (exact) mass is 263 g/mol. The van der Waals surface area contributed by atoms with Gasteiger partial charge in [-0.15, -0.1) is 0 Å². The number of nitrogens with one attached hydrogen (secondary N) is 1. The number of carbonyl (C=O) groups excluding carboxylic acids is 1. The second-order valence-electron chi connectivity index (χ2n) is 5.05. The summed E-state index contributed by atoms with van der Waals surface area (Å²) in [6.07, 6.45) is 3.42. The fraction of sp³-hybridized carbons (Fsp3) is 0.533. The smallest absolute Gasteiger partial charge is 0.337 e. The minimum absolute atomic E-state index is 0.263. The molecule has 2 atom stereocenters. The van der Waals surface area contributed by atoms with Gasteiger partial charge in [-0.25, -0.2) is 4.79 Å². The van der Waals surface area contributed by atoms with Crippen LogP contribution in [0.1, 0.15) is 35.2 Å². The van der Waals surface area contributed by atoms with Crippen molar-refractivity contribution in [2.75, 3.05) is 13.7 Å². The van der Waals surface area contributed by atoms with Crippen LogP contribution in [0.25, 0.3) is 0 Å². The lowest BCUT2D eigenvalue weighted by molar-refractivity contribution is 0.0600. The van der Waals surface area contributed by atoms with Gasteiger partial charge >= 0.3 is 5.97 Å². The van der Waals surface area contributed by atoms with Gasteiger partial charge < -0.3 is 15.2 Å². The molecule has 1 aromatic carbocycles. The highest BCUT2D eigenvalue weighted by Gasteiger charge is 2.25. The lowest BCUT2D eigenvalue weighted by Gasteiger charge is -2.19. The van der Waals surface area contributed by atoms with E-state index in [1.165, 1.54) is 13.5 Å². The first-order chi connectivity index (χ1) is 9.24. The van der Waals surface area contributed by atoms with Gasteiger partial charge in [-0.1, -0.05) is 18.6 Å². The van der Waals surface area contributed by atoms with Gasteiger partial charge in [0.2, 0.25) is 0 Å². The van der Waals surface area contributed by atoms with Crippen molar-refractivity contribution in [2.24, 2.45) is 5.92 Å². The Morgan fingerprint density at radius 1 is 1.37 bits per heavy atom. The summed E-state index contributed by atoms with van der Waals surface area (Å²) in [6.45, 7) is 1.03. The molecule has 0 aromatic heterocycles. The van der Waals surface area contributed by atoms with Gasteiger partial charge in [-0.05, 0) is 36.5 Å². The Morgan fingerprint density at radius 2 is 2.11 bits per heavy atom. The normalized spacial score (nSPS) is 22.4. The average Bonchev–Trinajstić information content (AvgIpc) is 2.92. The summed E-state index contributed by atoms with van der Waals surface area (Å²) in [6, 6.07) is 7.83. The highest BCUT2D eigenvalue weighted by molar-refractivity contribution is 5.89. The summed E-state index contributed by atoms with van der Waals surface area (Å²) >= 11 is 0. The second kappa shape index (κ2) is 6.68. The standard InChI is InChI=1S/C15H21NO3/c1-19-15(18)12-7-5-11(6-8-12)9-16-14-4-2-3-13(14)10-17/h5-8,13-14,16-17H,2-4,9-10H2,1H3/t13-,14+/m1/s1. The Balaban J connectivity index is 1.88. The predicted octanol–water partition coefficient (Wildman–Crippen LogP) is 1.72. The number of hydrogen-bond acceptors (Lipinski definition) is 4. The van der Waals surface area contributed by atoms with Crippen molar-refractivity contribution in [2.45, 2.75) is 31.8 Å². The van der Waals surface area contributed by atoms with Crippen molar-refractivity contribution < 1.29 is 14.6 Å². The number of aliphatic hydroxyl groups is 1. The molecule has 19 heavy (non-hydrogen) atoms. The van der Waals surface area contributed by atoms with E-state index in [1.807, 2.05) is 12.1 Å². The second-order valence-corrected chi connectivity index (χ2v) is 5.05. The minimum atomic E-state index is -0.310. The van der Waals surface area contributed by atoms with Crippen LogP contribution in [0, 0.1) is 5.92 Å². The predicted molar refractivity (Wildman–Crippen MR) is 72.8 cm³/mol. The van der Waals surface area contributed by atoms with E-state index in [0.29, 0.717) is 17.5 Å². The molecule has 4 heteroatoms. The van der Waals surface area contributed by atoms with Gasteiger partial charge in [-0.3, -0.25) is 0 Å². The third kappa shape index (κ3) is 3.55. The molecule has 4 nitrogen and oxygen atoms in total. The van der Waals surface area contributed by atoms with Gasteiger partial charge in [0.1, 0.15) is 0 Å². The molecule has 1 aliphatic carbocycles. The molecular formula is C15H21NO3. The summed E-state index contributed by atoms with van der Waals surface area (Å²) in [7, 11) is 1.38. The molecule has 2 rings (SSSR count). The van der Waals surface area contributed by atoms with Crippen LogP contribution in [-0.4, -0.2) is 30.8 Å². The van der Waals surface area contributed by atoms with E-state index < -0.39 is 0 Å². The fourth-order valence-electron chi connectivity index (χ4n) is 2.65. The summed E-state index contributed by atoms with van der Waals surface area (Å²) < 4.78 is 4.66. The lowest BCUT2D eigenvalue weighted by atomic mass is 10.0.